The van der Waals surface area contributed by atoms with Crippen LogP contribution in [0, 0.1) is 0 Å². The van der Waals surface area contributed by atoms with Gasteiger partial charge in [-0.2, -0.15) is 0 Å². The standard InChI is InChI=1S/C4H13O6PSi.Na/c1-11(5,6)10-3-2-4-12(7,8)9;/h7-9H,2-4H2,1H3,(H,5,6);. The van der Waals surface area contributed by atoms with Crippen LogP contribution in [0.15, 0.2) is 0 Å². The number of hydrogen-bond acceptors (Lipinski definition) is 5. The summed E-state index contributed by atoms with van der Waals surface area (Å²) in [5.41, 5.74) is 0. The normalized spacial score (nSPS) is 16.1. The fourth-order valence-corrected chi connectivity index (χ4v) is 1.63. The first-order chi connectivity index (χ1) is 5.21. The Morgan fingerprint density at radius 2 is 1.85 bits per heavy atom. The molecule has 1 atom stereocenters. The van der Waals surface area contributed by atoms with Gasteiger partial charge in [0.25, 0.3) is 0 Å². The van der Waals surface area contributed by atoms with Crippen LogP contribution in [0.25, 0.3) is 0 Å². The maximum atomic E-state index is 10.5. The zero-order valence-electron chi connectivity index (χ0n) is 7.67. The van der Waals surface area contributed by atoms with Crippen molar-refractivity contribution in [2.75, 3.05) is 13.3 Å². The molecule has 4 N–H and O–H groups in total. The third-order valence-electron chi connectivity index (χ3n) is 0.987. The van der Waals surface area contributed by atoms with Gasteiger partial charge in [-0.25, -0.2) is 0 Å². The van der Waals surface area contributed by atoms with E-state index in [0.717, 1.165) is 6.66 Å². The van der Waals surface area contributed by atoms with E-state index in [1.54, 1.807) is 0 Å². The molecule has 0 fully saturated rings. The van der Waals surface area contributed by atoms with E-state index < -0.39 is 16.4 Å². The molecule has 0 aromatic carbocycles. The minimum Gasteiger partial charge on any atom is -0.390 e. The molecule has 0 bridgehead atoms. The fourth-order valence-electron chi connectivity index (χ4n) is 0.543. The average molecular weight is 239 g/mol. The van der Waals surface area contributed by atoms with Gasteiger partial charge in [-0.1, -0.05) is 0 Å². The molecule has 13 heavy (non-hydrogen) atoms. The summed E-state index contributed by atoms with van der Waals surface area (Å²) in [5.74, 6) is 0. The molecule has 6 nitrogen and oxygen atoms in total. The molecule has 0 aromatic rings. The SMILES string of the molecule is CP(=O)(O)OCCC[Si](O)(O)O.[Na]. The Bertz CT molecular complexity index is 176. The van der Waals surface area contributed by atoms with Gasteiger partial charge in [-0.3, -0.25) is 4.57 Å². The third-order valence-corrected chi connectivity index (χ3v) is 2.67. The van der Waals surface area contributed by atoms with Gasteiger partial charge in [-0.05, 0) is 6.42 Å². The summed E-state index contributed by atoms with van der Waals surface area (Å²) in [4.78, 5) is 34.1. The Balaban J connectivity index is 0. The maximum absolute atomic E-state index is 10.5. The Morgan fingerprint density at radius 1 is 1.38 bits per heavy atom. The van der Waals surface area contributed by atoms with Crippen LogP contribution in [-0.4, -0.2) is 70.9 Å². The molecule has 0 saturated carbocycles. The monoisotopic (exact) mass is 239 g/mol. The second-order valence-corrected chi connectivity index (χ2v) is 6.43. The Hall–Kier alpha value is 1.25. The van der Waals surface area contributed by atoms with E-state index in [2.05, 4.69) is 4.52 Å². The van der Waals surface area contributed by atoms with E-state index in [1.807, 2.05) is 0 Å². The number of rotatable bonds is 5. The second kappa shape index (κ2) is 6.68. The molecule has 0 heterocycles. The molecule has 1 radical (unpaired) electrons. The van der Waals surface area contributed by atoms with E-state index in [-0.39, 0.29) is 48.6 Å². The van der Waals surface area contributed by atoms with Crippen molar-refractivity contribution in [2.24, 2.45) is 0 Å². The summed E-state index contributed by atoms with van der Waals surface area (Å²) in [6.45, 7) is 0.967. The van der Waals surface area contributed by atoms with Crippen LogP contribution in [0.4, 0.5) is 0 Å². The largest absolute Gasteiger partial charge is 0.492 e. The Morgan fingerprint density at radius 3 is 2.15 bits per heavy atom. The summed E-state index contributed by atoms with van der Waals surface area (Å²) in [6, 6.07) is -0.188. The zero-order chi connectivity index (χ0) is 9.83. The van der Waals surface area contributed by atoms with Gasteiger partial charge >= 0.3 is 16.4 Å². The summed E-state index contributed by atoms with van der Waals surface area (Å²) in [5, 5.41) is 0. The van der Waals surface area contributed by atoms with Crippen LogP contribution in [0.1, 0.15) is 6.42 Å². The van der Waals surface area contributed by atoms with Crippen LogP contribution in [0.5, 0.6) is 0 Å². The van der Waals surface area contributed by atoms with Crippen molar-refractivity contribution in [1.82, 2.24) is 0 Å². The van der Waals surface area contributed by atoms with Crippen LogP contribution in [0.2, 0.25) is 6.04 Å². The molecule has 0 amide bonds. The predicted octanol–water partition coefficient (Wildman–Crippen LogP) is -1.26. The van der Waals surface area contributed by atoms with Gasteiger partial charge in [0, 0.05) is 42.3 Å². The van der Waals surface area contributed by atoms with Crippen LogP contribution < -0.4 is 0 Å². The fraction of sp³-hybridized carbons (Fsp3) is 1.00. The topological polar surface area (TPSA) is 107 Å². The Kier molecular flexibility index (Phi) is 8.56. The average Bonchev–Trinajstić information content (AvgIpc) is 1.76. The molecule has 9 heteroatoms. The van der Waals surface area contributed by atoms with Crippen molar-refractivity contribution >= 4 is 46.0 Å². The molecule has 0 spiro atoms. The zero-order valence-corrected chi connectivity index (χ0v) is 11.6. The Labute approximate surface area is 99.8 Å². The van der Waals surface area contributed by atoms with Crippen molar-refractivity contribution in [1.29, 1.82) is 0 Å². The van der Waals surface area contributed by atoms with Crippen molar-refractivity contribution in [3.8, 4) is 0 Å². The first kappa shape index (κ1) is 16.7. The molecule has 1 unspecified atom stereocenters. The van der Waals surface area contributed by atoms with Gasteiger partial charge in [-0.15, -0.1) is 0 Å². The summed E-state index contributed by atoms with van der Waals surface area (Å²) in [6.07, 6.45) is 0.147. The summed E-state index contributed by atoms with van der Waals surface area (Å²) < 4.78 is 14.9. The van der Waals surface area contributed by atoms with Gasteiger partial charge < -0.3 is 23.8 Å². The maximum Gasteiger partial charge on any atom is 0.492 e. The van der Waals surface area contributed by atoms with Crippen LogP contribution >= 0.6 is 7.60 Å². The van der Waals surface area contributed by atoms with Crippen molar-refractivity contribution in [3.63, 3.8) is 0 Å². The van der Waals surface area contributed by atoms with E-state index >= 15 is 0 Å². The molecule has 75 valence electrons. The van der Waals surface area contributed by atoms with Gasteiger partial charge in [0.1, 0.15) is 0 Å². The summed E-state index contributed by atoms with van der Waals surface area (Å²) in [7, 11) is -7.48. The molecule has 0 rings (SSSR count). The first-order valence-electron chi connectivity index (χ1n) is 3.33. The molecule has 0 aliphatic heterocycles. The van der Waals surface area contributed by atoms with Gasteiger partial charge in [0.15, 0.2) is 0 Å². The predicted molar refractivity (Wildman–Crippen MR) is 49.3 cm³/mol. The molecule has 0 aliphatic carbocycles. The third kappa shape index (κ3) is 16.0. The minimum absolute atomic E-state index is 0. The molecular weight excluding hydrogens is 226 g/mol. The second-order valence-electron chi connectivity index (χ2n) is 2.51. The van der Waals surface area contributed by atoms with E-state index in [9.17, 15) is 4.57 Å². The van der Waals surface area contributed by atoms with Crippen molar-refractivity contribution in [3.05, 3.63) is 0 Å². The van der Waals surface area contributed by atoms with E-state index in [1.165, 1.54) is 0 Å². The molecule has 0 saturated heterocycles. The quantitative estimate of drug-likeness (QED) is 0.271. The van der Waals surface area contributed by atoms with Gasteiger partial charge in [0.2, 0.25) is 0 Å². The van der Waals surface area contributed by atoms with Gasteiger partial charge in [0.05, 0.1) is 6.61 Å². The van der Waals surface area contributed by atoms with E-state index in [0.29, 0.717) is 0 Å². The van der Waals surface area contributed by atoms with Crippen molar-refractivity contribution < 1.29 is 28.4 Å². The molecular formula is C4H13NaO6PSi. The van der Waals surface area contributed by atoms with Crippen LogP contribution in [-0.2, 0) is 9.09 Å². The van der Waals surface area contributed by atoms with E-state index in [4.69, 9.17) is 19.3 Å². The smallest absolute Gasteiger partial charge is 0.390 e. The first-order valence-corrected chi connectivity index (χ1v) is 7.40. The summed E-state index contributed by atoms with van der Waals surface area (Å²) >= 11 is 0. The molecule has 0 aromatic heterocycles. The van der Waals surface area contributed by atoms with Crippen molar-refractivity contribution in [2.45, 2.75) is 12.5 Å². The van der Waals surface area contributed by atoms with Crippen LogP contribution in [0.3, 0.4) is 0 Å². The molecule has 0 aliphatic rings. The minimum atomic E-state index is -4.00. The number of hydrogen-bond donors (Lipinski definition) is 4.